The van der Waals surface area contributed by atoms with E-state index < -0.39 is 49.5 Å². The molecule has 0 saturated carbocycles. The first-order valence-corrected chi connectivity index (χ1v) is 40.6. The van der Waals surface area contributed by atoms with Gasteiger partial charge < -0.3 is 45.1 Å². The highest BCUT2D eigenvalue weighted by Crippen LogP contribution is 2.24. The number of hydrogen-bond acceptors (Lipinski definition) is 10. The first-order valence-electron chi connectivity index (χ1n) is 40.6. The van der Waals surface area contributed by atoms with Gasteiger partial charge in [0.1, 0.15) is 24.4 Å². The molecule has 11 nitrogen and oxygen atoms in total. The van der Waals surface area contributed by atoms with Gasteiger partial charge in [-0.3, -0.25) is 9.59 Å². The molecule has 11 heteroatoms. The second kappa shape index (κ2) is 70.5. The third-order valence-corrected chi connectivity index (χ3v) is 19.6. The zero-order chi connectivity index (χ0) is 66.5. The number of hydrogen-bond donors (Lipinski definition) is 6. The van der Waals surface area contributed by atoms with Crippen molar-refractivity contribution in [2.75, 3.05) is 19.8 Å². The van der Waals surface area contributed by atoms with Gasteiger partial charge in [0.15, 0.2) is 6.29 Å². The Morgan fingerprint density at radius 1 is 0.391 bits per heavy atom. The number of esters is 1. The highest BCUT2D eigenvalue weighted by Gasteiger charge is 2.44. The molecular weight excluding hydrogens is 1150 g/mol. The lowest BCUT2D eigenvalue weighted by atomic mass is 9.99. The molecule has 0 aliphatic carbocycles. The van der Waals surface area contributed by atoms with Crippen molar-refractivity contribution in [1.29, 1.82) is 0 Å². The summed E-state index contributed by atoms with van der Waals surface area (Å²) < 4.78 is 16.8. The van der Waals surface area contributed by atoms with E-state index in [1.807, 2.05) is 6.08 Å². The maximum atomic E-state index is 13.1. The number of carbonyl (C=O) groups is 2. The number of allylic oxidation sites excluding steroid dienone is 3. The lowest BCUT2D eigenvalue weighted by Crippen LogP contribution is -2.60. The Kier molecular flexibility index (Phi) is 67.5. The Balaban J connectivity index is 1.92. The van der Waals surface area contributed by atoms with Crippen molar-refractivity contribution in [3.63, 3.8) is 0 Å². The van der Waals surface area contributed by atoms with Crippen LogP contribution >= 0.6 is 0 Å². The van der Waals surface area contributed by atoms with Gasteiger partial charge in [-0.2, -0.15) is 0 Å². The molecule has 7 unspecified atom stereocenters. The molecule has 0 radical (unpaired) electrons. The first-order chi connectivity index (χ1) is 45.2. The molecule has 1 aliphatic rings. The summed E-state index contributed by atoms with van der Waals surface area (Å²) in [6.07, 6.45) is 80.6. The molecule has 544 valence electrons. The predicted octanol–water partition coefficient (Wildman–Crippen LogP) is 21.9. The molecule has 6 N–H and O–H groups in total. The topological polar surface area (TPSA) is 175 Å². The summed E-state index contributed by atoms with van der Waals surface area (Å²) in [5, 5.41) is 54.7. The fourth-order valence-corrected chi connectivity index (χ4v) is 13.2. The van der Waals surface area contributed by atoms with Crippen LogP contribution < -0.4 is 5.32 Å². The Morgan fingerprint density at radius 3 is 1.04 bits per heavy atom. The number of amides is 1. The van der Waals surface area contributed by atoms with Crippen LogP contribution in [0.4, 0.5) is 0 Å². The van der Waals surface area contributed by atoms with E-state index in [9.17, 15) is 35.1 Å². The van der Waals surface area contributed by atoms with Gasteiger partial charge in [-0.05, 0) is 57.8 Å². The van der Waals surface area contributed by atoms with Gasteiger partial charge in [-0.15, -0.1) is 0 Å². The number of nitrogens with one attached hydrogen (secondary N) is 1. The summed E-state index contributed by atoms with van der Waals surface area (Å²) in [6.45, 7) is 4.41. The average Bonchev–Trinajstić information content (AvgIpc) is 0.989. The highest BCUT2D eigenvalue weighted by atomic mass is 16.7. The van der Waals surface area contributed by atoms with E-state index in [-0.39, 0.29) is 18.5 Å². The third kappa shape index (κ3) is 58.3. The molecule has 0 aromatic carbocycles. The largest absolute Gasteiger partial charge is 0.466 e. The van der Waals surface area contributed by atoms with Crippen LogP contribution in [0, 0.1) is 0 Å². The maximum absolute atomic E-state index is 13.1. The molecule has 0 spiro atoms. The van der Waals surface area contributed by atoms with Crippen LogP contribution in [-0.2, 0) is 23.8 Å². The minimum Gasteiger partial charge on any atom is -0.466 e. The van der Waals surface area contributed by atoms with Crippen molar-refractivity contribution in [3.8, 4) is 0 Å². The summed E-state index contributed by atoms with van der Waals surface area (Å²) in [4.78, 5) is 25.2. The van der Waals surface area contributed by atoms with Crippen LogP contribution in [-0.4, -0.2) is 100 Å². The Labute approximate surface area is 569 Å². The number of carbonyl (C=O) groups excluding carboxylic acids is 2. The maximum Gasteiger partial charge on any atom is 0.305 e. The molecule has 0 aromatic rings. The number of ether oxygens (including phenoxy) is 3. The van der Waals surface area contributed by atoms with Crippen molar-refractivity contribution >= 4 is 11.9 Å². The second-order valence-electron chi connectivity index (χ2n) is 28.5. The quantitative estimate of drug-likeness (QED) is 0.0195. The lowest BCUT2D eigenvalue weighted by Gasteiger charge is -2.40. The number of rotatable bonds is 73. The van der Waals surface area contributed by atoms with Crippen LogP contribution in [0.5, 0.6) is 0 Å². The van der Waals surface area contributed by atoms with E-state index in [4.69, 9.17) is 14.2 Å². The van der Waals surface area contributed by atoms with Gasteiger partial charge >= 0.3 is 5.97 Å². The SMILES string of the molecule is CCCCCCCCCCCCCCC/C=C/C(O)C(COC1OC(CO)C(O)C(O)C1O)NC(=O)CCCCCCCCCCCCCCCCCCC/C=C\CCCCCCCCCCCCCCCCCCOC(=O)CCCCCCCCCCCCCC. The molecule has 1 fully saturated rings. The zero-order valence-electron chi connectivity index (χ0n) is 60.8. The summed E-state index contributed by atoms with van der Waals surface area (Å²) >= 11 is 0. The van der Waals surface area contributed by atoms with Crippen LogP contribution in [0.3, 0.4) is 0 Å². The molecule has 92 heavy (non-hydrogen) atoms. The van der Waals surface area contributed by atoms with E-state index in [0.29, 0.717) is 19.4 Å². The van der Waals surface area contributed by atoms with E-state index >= 15 is 0 Å². The van der Waals surface area contributed by atoms with Crippen molar-refractivity contribution in [2.45, 2.75) is 461 Å². The van der Waals surface area contributed by atoms with Crippen molar-refractivity contribution in [3.05, 3.63) is 24.3 Å². The van der Waals surface area contributed by atoms with Gasteiger partial charge in [0.25, 0.3) is 0 Å². The lowest BCUT2D eigenvalue weighted by molar-refractivity contribution is -0.302. The zero-order valence-corrected chi connectivity index (χ0v) is 60.8. The predicted molar refractivity (Wildman–Crippen MR) is 389 cm³/mol. The molecule has 1 heterocycles. The Hall–Kier alpha value is -1.86. The second-order valence-corrected chi connectivity index (χ2v) is 28.5. The van der Waals surface area contributed by atoms with Gasteiger partial charge in [0.05, 0.1) is 32.0 Å². The van der Waals surface area contributed by atoms with Crippen LogP contribution in [0.25, 0.3) is 0 Å². The number of aliphatic hydroxyl groups excluding tert-OH is 5. The molecule has 1 saturated heterocycles. The van der Waals surface area contributed by atoms with Crippen molar-refractivity contribution < 1.29 is 49.3 Å². The van der Waals surface area contributed by atoms with Gasteiger partial charge in [0, 0.05) is 12.8 Å². The van der Waals surface area contributed by atoms with E-state index in [2.05, 4.69) is 31.3 Å². The van der Waals surface area contributed by atoms with Crippen molar-refractivity contribution in [1.82, 2.24) is 5.32 Å². The monoisotopic (exact) mass is 1300 g/mol. The van der Waals surface area contributed by atoms with Crippen molar-refractivity contribution in [2.24, 2.45) is 0 Å². The molecule has 0 bridgehead atoms. The molecular formula is C81H155NO10. The minimum absolute atomic E-state index is 0.0168. The van der Waals surface area contributed by atoms with Gasteiger partial charge in [0.2, 0.25) is 5.91 Å². The summed E-state index contributed by atoms with van der Waals surface area (Å²) in [7, 11) is 0. The van der Waals surface area contributed by atoms with Crippen LogP contribution in [0.2, 0.25) is 0 Å². The molecule has 1 amide bonds. The summed E-state index contributed by atoms with van der Waals surface area (Å²) in [5.74, 6) is -0.157. The fraction of sp³-hybridized carbons (Fsp3) is 0.926. The molecule has 7 atom stereocenters. The van der Waals surface area contributed by atoms with E-state index in [1.165, 1.54) is 340 Å². The van der Waals surface area contributed by atoms with Gasteiger partial charge in [-0.25, -0.2) is 0 Å². The number of unbranched alkanes of at least 4 members (excludes halogenated alkanes) is 57. The van der Waals surface area contributed by atoms with E-state index in [1.54, 1.807) is 6.08 Å². The average molecular weight is 1300 g/mol. The number of aliphatic hydroxyl groups is 5. The first kappa shape index (κ1) is 88.2. The Morgan fingerprint density at radius 2 is 0.696 bits per heavy atom. The molecule has 1 rings (SSSR count). The van der Waals surface area contributed by atoms with Gasteiger partial charge in [-0.1, -0.05) is 372 Å². The Bertz CT molecular complexity index is 1580. The van der Waals surface area contributed by atoms with Crippen LogP contribution in [0.15, 0.2) is 24.3 Å². The fourth-order valence-electron chi connectivity index (χ4n) is 13.2. The minimum atomic E-state index is -1.57. The molecule has 0 aromatic heterocycles. The normalized spacial score (nSPS) is 17.6. The standard InChI is InChI=1S/C81H155NO10/c1-3-5-7-9-11-13-15-17-41-44-47-51-55-59-63-67-74(84)73(72-91-81-80(89)79(88)78(87)75(71-83)92-81)82-76(85)68-64-60-56-52-48-45-42-39-37-35-33-31-29-27-25-23-21-19-18-20-22-24-26-28-30-32-34-36-38-40-43-46-50-54-58-62-66-70-90-77(86)69-65-61-57-53-49-16-14-12-10-8-6-4-2/h18,20,63,67,73-75,78-81,83-84,87-89H,3-17,19,21-62,64-66,68-72H2,1-2H3,(H,82,85)/b20-18-,67-63+. The highest BCUT2D eigenvalue weighted by molar-refractivity contribution is 5.76. The van der Waals surface area contributed by atoms with E-state index in [0.717, 1.165) is 51.4 Å². The summed E-state index contributed by atoms with van der Waals surface area (Å²) in [5.41, 5.74) is 0. The smallest absolute Gasteiger partial charge is 0.305 e. The molecule has 1 aliphatic heterocycles. The van der Waals surface area contributed by atoms with Crippen LogP contribution in [0.1, 0.15) is 418 Å². The summed E-state index contributed by atoms with van der Waals surface area (Å²) in [6, 6.07) is -0.807. The third-order valence-electron chi connectivity index (χ3n) is 19.6.